The van der Waals surface area contributed by atoms with Crippen LogP contribution in [0.25, 0.3) is 17.1 Å². The van der Waals surface area contributed by atoms with Crippen LogP contribution in [0.15, 0.2) is 48.9 Å². The van der Waals surface area contributed by atoms with Crippen molar-refractivity contribution in [3.8, 4) is 17.1 Å². The van der Waals surface area contributed by atoms with E-state index in [1.165, 1.54) is 41.9 Å². The first-order chi connectivity index (χ1) is 24.0. The number of amides is 4. The van der Waals surface area contributed by atoms with Gasteiger partial charge >= 0.3 is 6.18 Å². The maximum Gasteiger partial charge on any atom is 0.435 e. The molecule has 0 aliphatic carbocycles. The van der Waals surface area contributed by atoms with Crippen molar-refractivity contribution in [3.63, 3.8) is 0 Å². The average molecular weight is 728 g/mol. The second-order valence-electron chi connectivity index (χ2n) is 13.2. The van der Waals surface area contributed by atoms with E-state index in [0.29, 0.717) is 26.2 Å². The minimum absolute atomic E-state index is 0.00369. The SMILES string of the molecule is Cn1c(-c2cn(-c3ccc(C(N)=O)cn3)nc2C(F)(F)F)cnc1C(=O)Nc1ccc(C(=O)N2CCN(C(=O)C3CC[N+](C)(C)C3)CC2)c(Cl)c1. The molecule has 1 atom stereocenters. The highest BCUT2D eigenvalue weighted by Crippen LogP contribution is 2.37. The van der Waals surface area contributed by atoms with E-state index >= 15 is 0 Å². The Kier molecular flexibility index (Phi) is 9.37. The highest BCUT2D eigenvalue weighted by atomic mass is 35.5. The summed E-state index contributed by atoms with van der Waals surface area (Å²) in [6.07, 6.45) is -0.685. The number of benzene rings is 1. The smallest absolute Gasteiger partial charge is 0.366 e. The van der Waals surface area contributed by atoms with Crippen molar-refractivity contribution < 1.29 is 36.8 Å². The number of nitrogens with two attached hydrogens (primary N) is 1. The quantitative estimate of drug-likeness (QED) is 0.277. The van der Waals surface area contributed by atoms with Crippen LogP contribution in [0.3, 0.4) is 0 Å². The molecule has 3 N–H and O–H groups in total. The first-order valence-electron chi connectivity index (χ1n) is 16.0. The third-order valence-electron chi connectivity index (χ3n) is 9.20. The van der Waals surface area contributed by atoms with E-state index in [0.717, 1.165) is 47.3 Å². The highest BCUT2D eigenvalue weighted by Gasteiger charge is 2.40. The zero-order valence-electron chi connectivity index (χ0n) is 27.9. The Balaban J connectivity index is 1.13. The number of quaternary nitrogens is 1. The molecule has 3 aromatic heterocycles. The number of alkyl halides is 3. The minimum atomic E-state index is -4.87. The van der Waals surface area contributed by atoms with Crippen molar-refractivity contribution in [2.45, 2.75) is 12.6 Å². The van der Waals surface area contributed by atoms with Crippen molar-refractivity contribution in [1.82, 2.24) is 34.1 Å². The third kappa shape index (κ3) is 7.30. The Labute approximate surface area is 295 Å². The maximum atomic E-state index is 14.1. The number of hydrogen-bond acceptors (Lipinski definition) is 7. The molecule has 0 radical (unpaired) electrons. The van der Waals surface area contributed by atoms with Crippen molar-refractivity contribution in [3.05, 3.63) is 76.6 Å². The molecule has 6 rings (SSSR count). The number of piperazine rings is 1. The van der Waals surface area contributed by atoms with Crippen LogP contribution in [0.4, 0.5) is 18.9 Å². The van der Waals surface area contributed by atoms with Crippen LogP contribution < -0.4 is 11.1 Å². The molecule has 2 saturated heterocycles. The second-order valence-corrected chi connectivity index (χ2v) is 13.6. The van der Waals surface area contributed by atoms with Crippen LogP contribution in [-0.4, -0.2) is 116 Å². The first kappa shape index (κ1) is 35.5. The number of imidazole rings is 1. The first-order valence-corrected chi connectivity index (χ1v) is 16.4. The number of primary amides is 1. The molecular weight excluding hydrogens is 693 g/mol. The van der Waals surface area contributed by atoms with E-state index in [1.54, 1.807) is 4.90 Å². The predicted octanol–water partition coefficient (Wildman–Crippen LogP) is 3.07. The number of hydrogen-bond donors (Lipinski definition) is 2. The van der Waals surface area contributed by atoms with Gasteiger partial charge in [0.25, 0.3) is 11.8 Å². The minimum Gasteiger partial charge on any atom is -0.366 e. The standard InChI is InChI=1S/C33H34ClF3N10O4/c1-43-25(23-17-46(42-27(23)33(35,36)37)26-7-4-19(15-39-26)28(38)48)16-40-29(43)30(49)41-21-5-6-22(24(34)14-21)32(51)45-11-9-44(10-12-45)31(50)20-8-13-47(2,3)18-20/h4-7,14-17,20H,8-13,18H2,1-3H3,(H2-,38,41,48,49,51)/p+1. The van der Waals surface area contributed by atoms with Gasteiger partial charge in [-0.25, -0.2) is 14.6 Å². The fraction of sp³-hybridized carbons (Fsp3) is 0.364. The zero-order valence-corrected chi connectivity index (χ0v) is 28.7. The molecular formula is C33H35ClF3N10O4+. The van der Waals surface area contributed by atoms with Gasteiger partial charge in [-0.1, -0.05) is 11.6 Å². The molecule has 2 aliphatic rings. The van der Waals surface area contributed by atoms with Crippen LogP contribution in [0.5, 0.6) is 0 Å². The highest BCUT2D eigenvalue weighted by molar-refractivity contribution is 6.34. The number of aromatic nitrogens is 5. The molecule has 1 unspecified atom stereocenters. The molecule has 5 heterocycles. The number of carbonyl (C=O) groups excluding carboxylic acids is 4. The Morgan fingerprint density at radius 3 is 2.29 bits per heavy atom. The van der Waals surface area contributed by atoms with E-state index < -0.39 is 23.7 Å². The van der Waals surface area contributed by atoms with Gasteiger partial charge in [0.2, 0.25) is 11.8 Å². The number of pyridine rings is 1. The Morgan fingerprint density at radius 1 is 1.00 bits per heavy atom. The fourth-order valence-corrected chi connectivity index (χ4v) is 6.69. The summed E-state index contributed by atoms with van der Waals surface area (Å²) >= 11 is 6.49. The summed E-state index contributed by atoms with van der Waals surface area (Å²) in [6, 6.07) is 6.97. The van der Waals surface area contributed by atoms with E-state index in [1.807, 2.05) is 4.90 Å². The van der Waals surface area contributed by atoms with Gasteiger partial charge in [0.15, 0.2) is 17.3 Å². The lowest BCUT2D eigenvalue weighted by Crippen LogP contribution is -2.52. The molecule has 4 aromatic rings. The summed E-state index contributed by atoms with van der Waals surface area (Å²) in [5.74, 6) is -1.89. The molecule has 0 saturated carbocycles. The number of halogens is 4. The summed E-state index contributed by atoms with van der Waals surface area (Å²) < 4.78 is 45.1. The van der Waals surface area contributed by atoms with Crippen LogP contribution in [0, 0.1) is 5.92 Å². The van der Waals surface area contributed by atoms with Gasteiger partial charge in [-0.3, -0.25) is 19.2 Å². The van der Waals surface area contributed by atoms with E-state index in [9.17, 15) is 32.3 Å². The number of nitrogens with zero attached hydrogens (tertiary/aromatic N) is 8. The molecule has 18 heteroatoms. The van der Waals surface area contributed by atoms with E-state index in [4.69, 9.17) is 17.3 Å². The van der Waals surface area contributed by atoms with Gasteiger partial charge in [-0.15, -0.1) is 0 Å². The second kappa shape index (κ2) is 13.4. The van der Waals surface area contributed by atoms with Gasteiger partial charge in [-0.2, -0.15) is 18.3 Å². The Morgan fingerprint density at radius 2 is 1.71 bits per heavy atom. The molecule has 2 fully saturated rings. The monoisotopic (exact) mass is 727 g/mol. The van der Waals surface area contributed by atoms with Crippen molar-refractivity contribution in [2.75, 3.05) is 58.7 Å². The molecule has 2 aliphatic heterocycles. The predicted molar refractivity (Wildman–Crippen MR) is 179 cm³/mol. The fourth-order valence-electron chi connectivity index (χ4n) is 6.42. The van der Waals surface area contributed by atoms with E-state index in [2.05, 4.69) is 34.5 Å². The molecule has 14 nitrogen and oxygen atoms in total. The number of carbonyl (C=O) groups is 4. The largest absolute Gasteiger partial charge is 0.435 e. The number of likely N-dealkylation sites (tertiary alicyclic amines) is 1. The molecule has 0 bridgehead atoms. The summed E-state index contributed by atoms with van der Waals surface area (Å²) in [5.41, 5.74) is 4.07. The summed E-state index contributed by atoms with van der Waals surface area (Å²) in [5, 5.41) is 6.38. The summed E-state index contributed by atoms with van der Waals surface area (Å²) in [7, 11) is 5.61. The van der Waals surface area contributed by atoms with Crippen LogP contribution in [0.2, 0.25) is 5.02 Å². The molecule has 1 aromatic carbocycles. The van der Waals surface area contributed by atoms with Crippen LogP contribution in [0.1, 0.15) is 43.4 Å². The van der Waals surface area contributed by atoms with Crippen LogP contribution in [-0.2, 0) is 18.0 Å². The van der Waals surface area contributed by atoms with Crippen molar-refractivity contribution in [2.24, 2.45) is 18.7 Å². The summed E-state index contributed by atoms with van der Waals surface area (Å²) in [6.45, 7) is 3.34. The number of nitrogens with one attached hydrogen (secondary N) is 1. The van der Waals surface area contributed by atoms with Gasteiger partial charge in [0.1, 0.15) is 0 Å². The summed E-state index contributed by atoms with van der Waals surface area (Å²) in [4.78, 5) is 62.5. The van der Waals surface area contributed by atoms with Crippen molar-refractivity contribution >= 4 is 40.9 Å². The Bertz CT molecular complexity index is 2020. The average Bonchev–Trinajstić information content (AvgIpc) is 3.80. The Hall–Kier alpha value is -5.29. The van der Waals surface area contributed by atoms with Crippen LogP contribution >= 0.6 is 11.6 Å². The van der Waals surface area contributed by atoms with Gasteiger partial charge in [-0.05, 0) is 30.3 Å². The zero-order chi connectivity index (χ0) is 36.8. The number of anilines is 1. The van der Waals surface area contributed by atoms with E-state index in [-0.39, 0.29) is 62.5 Å². The van der Waals surface area contributed by atoms with Gasteiger partial charge in [0.05, 0.1) is 66.7 Å². The normalized spacial score (nSPS) is 17.4. The maximum absolute atomic E-state index is 14.1. The molecule has 51 heavy (non-hydrogen) atoms. The lowest BCUT2D eigenvalue weighted by Gasteiger charge is -2.36. The molecule has 0 spiro atoms. The number of rotatable bonds is 7. The van der Waals surface area contributed by atoms with Gasteiger partial charge < -0.3 is 29.9 Å². The molecule has 268 valence electrons. The lowest BCUT2D eigenvalue weighted by molar-refractivity contribution is -0.878. The van der Waals surface area contributed by atoms with Gasteiger partial charge in [0, 0.05) is 57.7 Å². The lowest BCUT2D eigenvalue weighted by atomic mass is 10.1. The topological polar surface area (TPSA) is 161 Å². The van der Waals surface area contributed by atoms with Crippen molar-refractivity contribution in [1.29, 1.82) is 0 Å². The molecule has 4 amide bonds. The third-order valence-corrected chi connectivity index (χ3v) is 9.51.